The summed E-state index contributed by atoms with van der Waals surface area (Å²) >= 11 is 1.56. The molecule has 0 saturated carbocycles. The molecule has 0 spiro atoms. The summed E-state index contributed by atoms with van der Waals surface area (Å²) in [6.07, 6.45) is 1.41. The quantitative estimate of drug-likeness (QED) is 0.742. The molecule has 0 radical (unpaired) electrons. The van der Waals surface area contributed by atoms with Crippen LogP contribution in [-0.2, 0) is 14.3 Å². The molecule has 1 heterocycles. The van der Waals surface area contributed by atoms with Crippen LogP contribution in [0.5, 0.6) is 0 Å². The molecule has 1 rings (SSSR count). The molecule has 1 fully saturated rings. The lowest BCUT2D eigenvalue weighted by Gasteiger charge is -2.24. The summed E-state index contributed by atoms with van der Waals surface area (Å²) in [6.45, 7) is 1.88. The lowest BCUT2D eigenvalue weighted by Crippen LogP contribution is -2.54. The van der Waals surface area contributed by atoms with Gasteiger partial charge in [-0.3, -0.25) is 4.79 Å². The first kappa shape index (κ1) is 14.3. The highest BCUT2D eigenvalue weighted by Gasteiger charge is 2.43. The zero-order valence-electron chi connectivity index (χ0n) is 10.2. The number of ether oxygens (including phenoxy) is 1. The van der Waals surface area contributed by atoms with Gasteiger partial charge in [0.05, 0.1) is 6.10 Å². The van der Waals surface area contributed by atoms with Crippen LogP contribution in [0.2, 0.25) is 0 Å². The van der Waals surface area contributed by atoms with Crippen molar-refractivity contribution in [2.75, 3.05) is 18.6 Å². The largest absolute Gasteiger partial charge is 0.479 e. The van der Waals surface area contributed by atoms with Gasteiger partial charge in [-0.2, -0.15) is 11.8 Å². The zero-order chi connectivity index (χ0) is 12.9. The van der Waals surface area contributed by atoms with Crippen molar-refractivity contribution in [3.8, 4) is 0 Å². The molecule has 0 aromatic carbocycles. The Labute approximate surface area is 105 Å². The molecule has 5 nitrogen and oxygen atoms in total. The second kappa shape index (κ2) is 6.26. The van der Waals surface area contributed by atoms with Crippen LogP contribution in [0.3, 0.4) is 0 Å². The number of carboxylic acid groups (broad SMARTS) is 1. The maximum absolute atomic E-state index is 11.7. The van der Waals surface area contributed by atoms with Crippen molar-refractivity contribution in [1.29, 1.82) is 0 Å². The molecule has 6 heteroatoms. The Balaban J connectivity index is 2.45. The van der Waals surface area contributed by atoms with Crippen LogP contribution < -0.4 is 5.32 Å². The van der Waals surface area contributed by atoms with E-state index in [-0.39, 0.29) is 12.0 Å². The van der Waals surface area contributed by atoms with Crippen molar-refractivity contribution >= 4 is 23.6 Å². The molecular formula is C11H19NO4S. The summed E-state index contributed by atoms with van der Waals surface area (Å²) < 4.78 is 5.04. The molecule has 2 unspecified atom stereocenters. The van der Waals surface area contributed by atoms with Crippen LogP contribution in [0.4, 0.5) is 0 Å². The third-order valence-corrected chi connectivity index (χ3v) is 4.18. The van der Waals surface area contributed by atoms with E-state index >= 15 is 0 Å². The Morgan fingerprint density at radius 3 is 2.76 bits per heavy atom. The Bertz CT molecular complexity index is 289. The Morgan fingerprint density at radius 1 is 1.59 bits per heavy atom. The van der Waals surface area contributed by atoms with Crippen molar-refractivity contribution in [3.63, 3.8) is 0 Å². The van der Waals surface area contributed by atoms with E-state index in [9.17, 15) is 14.7 Å². The maximum atomic E-state index is 11.7. The first-order chi connectivity index (χ1) is 8.00. The molecule has 1 amide bonds. The molecule has 0 bridgehead atoms. The third-order valence-electron chi connectivity index (χ3n) is 2.99. The van der Waals surface area contributed by atoms with Gasteiger partial charge in [0.2, 0.25) is 5.91 Å². The van der Waals surface area contributed by atoms with Crippen LogP contribution >= 0.6 is 11.8 Å². The van der Waals surface area contributed by atoms with Crippen LogP contribution in [-0.4, -0.2) is 47.2 Å². The number of carboxylic acids is 1. The lowest BCUT2D eigenvalue weighted by molar-refractivity contribution is -0.146. The minimum Gasteiger partial charge on any atom is -0.479 e. The van der Waals surface area contributed by atoms with Gasteiger partial charge in [0.15, 0.2) is 0 Å². The molecule has 0 aromatic heterocycles. The van der Waals surface area contributed by atoms with Crippen LogP contribution in [0.15, 0.2) is 0 Å². The summed E-state index contributed by atoms with van der Waals surface area (Å²) in [5.41, 5.74) is -1.06. The van der Waals surface area contributed by atoms with Gasteiger partial charge in [-0.15, -0.1) is 0 Å². The van der Waals surface area contributed by atoms with Gasteiger partial charge in [0.1, 0.15) is 5.54 Å². The molecular weight excluding hydrogens is 242 g/mol. The Hall–Kier alpha value is -0.750. The fraction of sp³-hybridized carbons (Fsp3) is 0.818. The van der Waals surface area contributed by atoms with Crippen LogP contribution in [0.1, 0.15) is 26.2 Å². The van der Waals surface area contributed by atoms with Crippen molar-refractivity contribution < 1.29 is 19.4 Å². The van der Waals surface area contributed by atoms with Gasteiger partial charge in [-0.05, 0) is 25.5 Å². The van der Waals surface area contributed by atoms with Crippen LogP contribution in [0.25, 0.3) is 0 Å². The monoisotopic (exact) mass is 261 g/mol. The Morgan fingerprint density at radius 2 is 2.29 bits per heavy atom. The molecule has 2 N–H and O–H groups in total. The van der Waals surface area contributed by atoms with Crippen molar-refractivity contribution in [2.45, 2.75) is 37.8 Å². The summed E-state index contributed by atoms with van der Waals surface area (Å²) in [4.78, 5) is 22.9. The van der Waals surface area contributed by atoms with Crippen molar-refractivity contribution in [2.24, 2.45) is 0 Å². The minimum absolute atomic E-state index is 0.0134. The average molecular weight is 261 g/mol. The standard InChI is InChI=1S/C11H19NO4S/c1-8(16-2)3-4-9(13)12-11(10(14)15)5-6-17-7-11/h8H,3-7H2,1-2H3,(H,12,13)(H,14,15). The molecule has 1 aliphatic heterocycles. The first-order valence-corrected chi connectivity index (χ1v) is 6.80. The number of carbonyl (C=O) groups excluding carboxylic acids is 1. The van der Waals surface area contributed by atoms with Crippen molar-refractivity contribution in [3.05, 3.63) is 0 Å². The molecule has 98 valence electrons. The van der Waals surface area contributed by atoms with Gasteiger partial charge < -0.3 is 15.2 Å². The molecule has 1 aliphatic rings. The fourth-order valence-electron chi connectivity index (χ4n) is 1.67. The highest BCUT2D eigenvalue weighted by Crippen LogP contribution is 2.28. The van der Waals surface area contributed by atoms with E-state index in [0.717, 1.165) is 5.75 Å². The topological polar surface area (TPSA) is 75.6 Å². The molecule has 0 aliphatic carbocycles. The predicted octanol–water partition coefficient (Wildman–Crippen LogP) is 0.878. The highest BCUT2D eigenvalue weighted by molar-refractivity contribution is 7.99. The predicted molar refractivity (Wildman–Crippen MR) is 66.2 cm³/mol. The molecule has 0 aromatic rings. The summed E-state index contributed by atoms with van der Waals surface area (Å²) in [6, 6.07) is 0. The molecule has 1 saturated heterocycles. The van der Waals surface area contributed by atoms with Gasteiger partial charge in [0, 0.05) is 19.3 Å². The number of rotatable bonds is 6. The number of hydrogen-bond donors (Lipinski definition) is 2. The summed E-state index contributed by atoms with van der Waals surface area (Å²) in [5, 5.41) is 11.8. The maximum Gasteiger partial charge on any atom is 0.330 e. The molecule has 2 atom stereocenters. The number of amides is 1. The molecule has 17 heavy (non-hydrogen) atoms. The van der Waals surface area contributed by atoms with Gasteiger partial charge in [0.25, 0.3) is 0 Å². The zero-order valence-corrected chi connectivity index (χ0v) is 11.0. The average Bonchev–Trinajstić information content (AvgIpc) is 2.75. The normalized spacial score (nSPS) is 25.5. The van der Waals surface area contributed by atoms with Crippen molar-refractivity contribution in [1.82, 2.24) is 5.32 Å². The Kier molecular flexibility index (Phi) is 5.27. The summed E-state index contributed by atoms with van der Waals surface area (Å²) in [5.74, 6) is 0.0871. The second-order valence-electron chi connectivity index (χ2n) is 4.32. The number of carbonyl (C=O) groups is 2. The number of aliphatic carboxylic acids is 1. The van der Waals surface area contributed by atoms with E-state index in [2.05, 4.69) is 5.32 Å². The van der Waals surface area contributed by atoms with E-state index in [1.54, 1.807) is 18.9 Å². The van der Waals surface area contributed by atoms with Gasteiger partial charge in [-0.25, -0.2) is 4.79 Å². The van der Waals surface area contributed by atoms with E-state index in [1.807, 2.05) is 6.92 Å². The van der Waals surface area contributed by atoms with E-state index in [0.29, 0.717) is 25.0 Å². The number of hydrogen-bond acceptors (Lipinski definition) is 4. The fourth-order valence-corrected chi connectivity index (χ4v) is 2.99. The van der Waals surface area contributed by atoms with E-state index in [4.69, 9.17) is 4.74 Å². The highest BCUT2D eigenvalue weighted by atomic mass is 32.2. The number of methoxy groups -OCH3 is 1. The SMILES string of the molecule is COC(C)CCC(=O)NC1(C(=O)O)CCSC1. The first-order valence-electron chi connectivity index (χ1n) is 5.65. The minimum atomic E-state index is -1.06. The third kappa shape index (κ3) is 3.89. The van der Waals surface area contributed by atoms with E-state index in [1.165, 1.54) is 0 Å². The number of nitrogens with one attached hydrogen (secondary N) is 1. The summed E-state index contributed by atoms with van der Waals surface area (Å²) in [7, 11) is 1.59. The van der Waals surface area contributed by atoms with Gasteiger partial charge >= 0.3 is 5.97 Å². The van der Waals surface area contributed by atoms with Gasteiger partial charge in [-0.1, -0.05) is 0 Å². The lowest BCUT2D eigenvalue weighted by atomic mass is 9.99. The number of thioether (sulfide) groups is 1. The smallest absolute Gasteiger partial charge is 0.330 e. The van der Waals surface area contributed by atoms with Crippen LogP contribution in [0, 0.1) is 0 Å². The van der Waals surface area contributed by atoms with E-state index < -0.39 is 11.5 Å². The second-order valence-corrected chi connectivity index (χ2v) is 5.43.